The van der Waals surface area contributed by atoms with Gasteiger partial charge in [-0.05, 0) is 35.9 Å². The van der Waals surface area contributed by atoms with Crippen molar-refractivity contribution in [1.29, 1.82) is 0 Å². The number of halogens is 1. The van der Waals surface area contributed by atoms with Crippen molar-refractivity contribution in [1.82, 2.24) is 19.5 Å². The molecule has 38 heavy (non-hydrogen) atoms. The quantitative estimate of drug-likeness (QED) is 0.303. The van der Waals surface area contributed by atoms with Gasteiger partial charge in [-0.3, -0.25) is 19.0 Å². The number of carbonyl (C=O) groups excluding carboxylic acids is 2. The zero-order chi connectivity index (χ0) is 26.6. The second kappa shape index (κ2) is 9.18. The second-order valence-electron chi connectivity index (χ2n) is 9.20. The zero-order valence-electron chi connectivity index (χ0n) is 20.6. The molecule has 1 aliphatic rings. The van der Waals surface area contributed by atoms with E-state index in [4.69, 9.17) is 4.98 Å². The van der Waals surface area contributed by atoms with Gasteiger partial charge in [0.25, 0.3) is 5.56 Å². The molecule has 1 atom stereocenters. The van der Waals surface area contributed by atoms with Crippen molar-refractivity contribution in [3.8, 4) is 11.1 Å². The fourth-order valence-corrected chi connectivity index (χ4v) is 5.56. The predicted octanol–water partition coefficient (Wildman–Crippen LogP) is 5.67. The number of nitrogens with one attached hydrogen (secondary N) is 1. The number of hydrogen-bond acceptors (Lipinski definition) is 5. The van der Waals surface area contributed by atoms with E-state index in [1.54, 1.807) is 0 Å². The summed E-state index contributed by atoms with van der Waals surface area (Å²) in [6.45, 7) is 2.88. The summed E-state index contributed by atoms with van der Waals surface area (Å²) in [6.07, 6.45) is 0.221. The average Bonchev–Trinajstić information content (AvgIpc) is 3.51. The molecule has 3 aromatic carbocycles. The van der Waals surface area contributed by atoms with Crippen molar-refractivity contribution in [3.05, 3.63) is 99.0 Å². The first-order chi connectivity index (χ1) is 18.3. The highest BCUT2D eigenvalue weighted by atomic mass is 79.9. The van der Waals surface area contributed by atoms with Crippen LogP contribution >= 0.6 is 15.9 Å². The lowest BCUT2D eigenvalue weighted by atomic mass is 9.92. The minimum Gasteiger partial charge on any atom is -0.321 e. The summed E-state index contributed by atoms with van der Waals surface area (Å²) < 4.78 is 2.39. The van der Waals surface area contributed by atoms with Gasteiger partial charge in [0.2, 0.25) is 11.8 Å². The number of pyridine rings is 1. The molecule has 188 valence electrons. The van der Waals surface area contributed by atoms with Crippen molar-refractivity contribution in [2.24, 2.45) is 5.10 Å². The maximum atomic E-state index is 13.6. The Kier molecular flexibility index (Phi) is 5.80. The van der Waals surface area contributed by atoms with Crippen LogP contribution in [0.1, 0.15) is 42.5 Å². The number of fused-ring (bicyclic) bond motifs is 2. The molecule has 0 saturated carbocycles. The smallest absolute Gasteiger partial charge is 0.258 e. The summed E-state index contributed by atoms with van der Waals surface area (Å²) in [5.41, 5.74) is 4.12. The molecule has 8 nitrogen and oxygen atoms in total. The number of imidazole rings is 1. The van der Waals surface area contributed by atoms with Gasteiger partial charge in [-0.2, -0.15) is 5.10 Å². The van der Waals surface area contributed by atoms with Crippen LogP contribution < -0.4 is 5.56 Å². The summed E-state index contributed by atoms with van der Waals surface area (Å²) in [7, 11) is 0. The Hall–Kier alpha value is -4.37. The Labute approximate surface area is 225 Å². The Morgan fingerprint density at radius 1 is 0.947 bits per heavy atom. The summed E-state index contributed by atoms with van der Waals surface area (Å²) in [6, 6.07) is 22.0. The van der Waals surface area contributed by atoms with Crippen molar-refractivity contribution < 1.29 is 9.59 Å². The summed E-state index contributed by atoms with van der Waals surface area (Å²) in [4.78, 5) is 46.8. The summed E-state index contributed by atoms with van der Waals surface area (Å²) in [5, 5.41) is 6.84. The van der Waals surface area contributed by atoms with Crippen molar-refractivity contribution >= 4 is 55.4 Å². The maximum absolute atomic E-state index is 13.6. The first-order valence-corrected chi connectivity index (χ1v) is 12.9. The van der Waals surface area contributed by atoms with Gasteiger partial charge in [0.1, 0.15) is 11.9 Å². The van der Waals surface area contributed by atoms with E-state index in [1.165, 1.54) is 23.4 Å². The highest BCUT2D eigenvalue weighted by molar-refractivity contribution is 9.10. The summed E-state index contributed by atoms with van der Waals surface area (Å²) >= 11 is 3.55. The van der Waals surface area contributed by atoms with Gasteiger partial charge >= 0.3 is 0 Å². The molecule has 0 bridgehead atoms. The molecule has 1 amide bonds. The molecule has 0 aliphatic carbocycles. The van der Waals surface area contributed by atoms with E-state index in [0.29, 0.717) is 33.6 Å². The van der Waals surface area contributed by atoms with Crippen molar-refractivity contribution in [2.45, 2.75) is 26.3 Å². The molecule has 0 spiro atoms. The highest BCUT2D eigenvalue weighted by Gasteiger charge is 2.37. The topological polar surface area (TPSA) is 100 Å². The monoisotopic (exact) mass is 567 g/mol. The van der Waals surface area contributed by atoms with Gasteiger partial charge in [0.05, 0.1) is 22.3 Å². The second-order valence-corrected chi connectivity index (χ2v) is 10.1. The molecule has 0 saturated heterocycles. The van der Waals surface area contributed by atoms with Crippen LogP contribution in [0, 0.1) is 0 Å². The van der Waals surface area contributed by atoms with Gasteiger partial charge in [0.15, 0.2) is 0 Å². The maximum Gasteiger partial charge on any atom is 0.258 e. The average molecular weight is 568 g/mol. The lowest BCUT2D eigenvalue weighted by Crippen LogP contribution is -2.28. The fraction of sp³-hybridized carbons (Fsp3) is 0.138. The number of aromatic amines is 1. The van der Waals surface area contributed by atoms with Gasteiger partial charge in [-0.15, -0.1) is 0 Å². The lowest BCUT2D eigenvalue weighted by molar-refractivity contribution is -0.130. The molecule has 1 unspecified atom stereocenters. The zero-order valence-corrected chi connectivity index (χ0v) is 22.2. The lowest BCUT2D eigenvalue weighted by Gasteiger charge is -2.20. The minimum atomic E-state index is -0.653. The number of benzene rings is 3. The van der Waals surface area contributed by atoms with Crippen LogP contribution in [-0.4, -0.2) is 37.1 Å². The van der Waals surface area contributed by atoms with Crippen molar-refractivity contribution in [3.63, 3.8) is 0 Å². The van der Waals surface area contributed by atoms with E-state index < -0.39 is 6.04 Å². The van der Waals surface area contributed by atoms with Gasteiger partial charge < -0.3 is 4.98 Å². The number of nitrogens with zero attached hydrogens (tertiary/aromatic N) is 4. The molecule has 3 heterocycles. The molecule has 9 heteroatoms. The van der Waals surface area contributed by atoms with Gasteiger partial charge in [0, 0.05) is 41.2 Å². The fourth-order valence-electron chi connectivity index (χ4n) is 5.20. The SMILES string of the molecule is CC(=O)N1N=C(c2c(-c3ccccc3)c3cc(Br)ccc3[nH]c2=O)CC1c1nc2ccccc2n1C(C)=O. The van der Waals surface area contributed by atoms with E-state index in [-0.39, 0.29) is 23.8 Å². The number of carbonyl (C=O) groups is 2. The minimum absolute atomic E-state index is 0.218. The molecule has 0 fully saturated rings. The normalized spacial score (nSPS) is 15.3. The van der Waals surface area contributed by atoms with Crippen molar-refractivity contribution in [2.75, 3.05) is 0 Å². The van der Waals surface area contributed by atoms with Crippen LogP contribution in [0.4, 0.5) is 0 Å². The van der Waals surface area contributed by atoms with Crippen LogP contribution in [0.3, 0.4) is 0 Å². The number of hydrazone groups is 1. The third-order valence-corrected chi connectivity index (χ3v) is 7.25. The molecule has 5 aromatic rings. The third kappa shape index (κ3) is 3.86. The highest BCUT2D eigenvalue weighted by Crippen LogP contribution is 2.38. The van der Waals surface area contributed by atoms with E-state index in [0.717, 1.165) is 21.0 Å². The molecule has 0 radical (unpaired) electrons. The predicted molar refractivity (Wildman–Crippen MR) is 150 cm³/mol. The number of aromatic nitrogens is 3. The van der Waals surface area contributed by atoms with Crippen LogP contribution in [0.2, 0.25) is 0 Å². The summed E-state index contributed by atoms with van der Waals surface area (Å²) in [5.74, 6) is -0.119. The molecule has 1 aliphatic heterocycles. The van der Waals surface area contributed by atoms with E-state index in [2.05, 4.69) is 26.0 Å². The van der Waals surface area contributed by atoms with Crippen LogP contribution in [0.15, 0.2) is 87.2 Å². The first kappa shape index (κ1) is 24.0. The Morgan fingerprint density at radius 3 is 2.42 bits per heavy atom. The van der Waals surface area contributed by atoms with Crippen LogP contribution in [0.5, 0.6) is 0 Å². The molecule has 2 aromatic heterocycles. The number of hydrogen-bond donors (Lipinski definition) is 1. The molecule has 6 rings (SSSR count). The Balaban J connectivity index is 1.58. The number of amides is 1. The molecular formula is C29H22BrN5O3. The Morgan fingerprint density at radius 2 is 1.68 bits per heavy atom. The number of H-pyrrole nitrogens is 1. The van der Waals surface area contributed by atoms with Crippen LogP contribution in [-0.2, 0) is 4.79 Å². The standard InChI is InChI=1S/C29H22BrN5O3/c1-16(36)34-24-11-7-6-10-22(24)31-28(34)25-15-23(33-35(25)17(2)37)27-26(18-8-4-3-5-9-18)20-14-19(30)12-13-21(20)32-29(27)38/h3-14,25H,15H2,1-2H3,(H,32,38). The Bertz CT molecular complexity index is 1860. The molecular weight excluding hydrogens is 546 g/mol. The van der Waals surface area contributed by atoms with Gasteiger partial charge in [-0.25, -0.2) is 9.99 Å². The van der Waals surface area contributed by atoms with E-state index >= 15 is 0 Å². The van der Waals surface area contributed by atoms with E-state index in [1.807, 2.05) is 72.8 Å². The van der Waals surface area contributed by atoms with E-state index in [9.17, 15) is 14.4 Å². The molecule has 1 N–H and O–H groups in total. The first-order valence-electron chi connectivity index (χ1n) is 12.1. The number of para-hydroxylation sites is 2. The van der Waals surface area contributed by atoms with Gasteiger partial charge in [-0.1, -0.05) is 58.4 Å². The number of rotatable bonds is 3. The van der Waals surface area contributed by atoms with Crippen LogP contribution in [0.25, 0.3) is 33.1 Å². The largest absolute Gasteiger partial charge is 0.321 e. The third-order valence-electron chi connectivity index (χ3n) is 6.76.